The van der Waals surface area contributed by atoms with Crippen LogP contribution in [0, 0.1) is 0 Å². The molecule has 3 aromatic rings. The van der Waals surface area contributed by atoms with Crippen LogP contribution in [-0.4, -0.2) is 25.4 Å². The average Bonchev–Trinajstić information content (AvgIpc) is 2.54. The van der Waals surface area contributed by atoms with Gasteiger partial charge in [-0.25, -0.2) is 15.2 Å². The molecule has 2 N–H and O–H groups in total. The van der Waals surface area contributed by atoms with Gasteiger partial charge in [-0.3, -0.25) is 9.59 Å². The third-order valence-electron chi connectivity index (χ3n) is 2.48. The van der Waals surface area contributed by atoms with Crippen LogP contribution in [0.1, 0.15) is 0 Å². The van der Waals surface area contributed by atoms with Gasteiger partial charge in [0, 0.05) is 23.4 Å². The Bertz CT molecular complexity index is 908. The SMILES string of the molecule is O=c1[nH]ncc(Cl)c1Cl.O=c1cc(-c2ccc(Cl)nc2)cn[nH]1. The van der Waals surface area contributed by atoms with Crippen LogP contribution in [0.3, 0.4) is 0 Å². The lowest BCUT2D eigenvalue weighted by atomic mass is 10.1. The van der Waals surface area contributed by atoms with E-state index in [0.717, 1.165) is 11.1 Å². The van der Waals surface area contributed by atoms with Crippen molar-refractivity contribution < 1.29 is 0 Å². The van der Waals surface area contributed by atoms with Gasteiger partial charge in [0.25, 0.3) is 11.1 Å². The third-order valence-corrected chi connectivity index (χ3v) is 3.46. The second kappa shape index (κ2) is 7.87. The topological polar surface area (TPSA) is 104 Å². The molecule has 0 saturated heterocycles. The van der Waals surface area contributed by atoms with Crippen molar-refractivity contribution in [2.24, 2.45) is 0 Å². The van der Waals surface area contributed by atoms with Crippen LogP contribution in [0.2, 0.25) is 15.2 Å². The predicted octanol–water partition coefficient (Wildman–Crippen LogP) is 2.56. The summed E-state index contributed by atoms with van der Waals surface area (Å²) in [4.78, 5) is 25.4. The zero-order valence-corrected chi connectivity index (χ0v) is 13.5. The minimum atomic E-state index is -0.468. The number of nitrogens with one attached hydrogen (secondary N) is 2. The number of hydrogen-bond donors (Lipinski definition) is 2. The van der Waals surface area contributed by atoms with Gasteiger partial charge in [0.15, 0.2) is 0 Å². The Morgan fingerprint density at radius 3 is 2.17 bits per heavy atom. The largest absolute Gasteiger partial charge is 0.284 e. The van der Waals surface area contributed by atoms with Crippen LogP contribution < -0.4 is 11.1 Å². The molecule has 0 amide bonds. The number of nitrogens with zero attached hydrogens (tertiary/aromatic N) is 3. The Kier molecular flexibility index (Phi) is 5.86. The average molecular weight is 373 g/mol. The molecule has 10 heteroatoms. The Hall–Kier alpha value is -2.22. The highest BCUT2D eigenvalue weighted by Gasteiger charge is 1.99. The highest BCUT2D eigenvalue weighted by atomic mass is 35.5. The van der Waals surface area contributed by atoms with E-state index in [-0.39, 0.29) is 15.6 Å². The summed E-state index contributed by atoms with van der Waals surface area (Å²) in [5, 5.41) is 12.1. The lowest BCUT2D eigenvalue weighted by Gasteiger charge is -1.98. The second-order valence-electron chi connectivity index (χ2n) is 4.06. The number of hydrogen-bond acceptors (Lipinski definition) is 5. The molecule has 23 heavy (non-hydrogen) atoms. The lowest BCUT2D eigenvalue weighted by Crippen LogP contribution is -2.07. The molecule has 0 bridgehead atoms. The van der Waals surface area contributed by atoms with Gasteiger partial charge in [0.05, 0.1) is 17.4 Å². The van der Waals surface area contributed by atoms with E-state index in [9.17, 15) is 9.59 Å². The standard InChI is InChI=1S/C9H6ClN3O.C4H2Cl2N2O/c10-8-2-1-6(4-11-8)7-3-9(14)13-12-5-7;5-2-1-7-8-4(9)3(2)6/h1-5H,(H,13,14);1H,(H,8,9). The molecule has 0 atom stereocenters. The smallest absolute Gasteiger partial charge is 0.268 e. The number of H-pyrrole nitrogens is 2. The Balaban J connectivity index is 0.000000185. The fourth-order valence-corrected chi connectivity index (χ4v) is 1.78. The molecule has 3 heterocycles. The fraction of sp³-hybridized carbons (Fsp3) is 0. The number of pyridine rings is 1. The second-order valence-corrected chi connectivity index (χ2v) is 5.24. The fourth-order valence-electron chi connectivity index (χ4n) is 1.44. The van der Waals surface area contributed by atoms with Gasteiger partial charge >= 0.3 is 0 Å². The zero-order valence-electron chi connectivity index (χ0n) is 11.3. The molecule has 3 aromatic heterocycles. The molecule has 0 aliphatic carbocycles. The highest BCUT2D eigenvalue weighted by Crippen LogP contribution is 2.16. The summed E-state index contributed by atoms with van der Waals surface area (Å²) in [5.74, 6) is 0. The first-order chi connectivity index (χ1) is 11.0. The van der Waals surface area contributed by atoms with Gasteiger partial charge in [0.2, 0.25) is 0 Å². The van der Waals surface area contributed by atoms with Crippen molar-refractivity contribution >= 4 is 34.8 Å². The summed E-state index contributed by atoms with van der Waals surface area (Å²) in [6, 6.07) is 4.90. The summed E-state index contributed by atoms with van der Waals surface area (Å²) in [6.45, 7) is 0. The number of aromatic nitrogens is 5. The summed E-state index contributed by atoms with van der Waals surface area (Å²) in [6.07, 6.45) is 4.43. The normalized spacial score (nSPS) is 9.87. The monoisotopic (exact) mass is 371 g/mol. The first-order valence-electron chi connectivity index (χ1n) is 6.02. The van der Waals surface area contributed by atoms with Gasteiger partial charge in [-0.05, 0) is 12.1 Å². The van der Waals surface area contributed by atoms with Gasteiger partial charge in [-0.1, -0.05) is 34.8 Å². The number of aromatic amines is 2. The zero-order chi connectivity index (χ0) is 16.8. The van der Waals surface area contributed by atoms with Crippen LogP contribution in [0.4, 0.5) is 0 Å². The van der Waals surface area contributed by atoms with Crippen LogP contribution in [0.15, 0.2) is 46.4 Å². The summed E-state index contributed by atoms with van der Waals surface area (Å²) in [7, 11) is 0. The van der Waals surface area contributed by atoms with E-state index in [4.69, 9.17) is 34.8 Å². The van der Waals surface area contributed by atoms with Crippen molar-refractivity contribution in [3.05, 3.63) is 72.7 Å². The van der Waals surface area contributed by atoms with E-state index in [1.165, 1.54) is 12.3 Å². The Morgan fingerprint density at radius 1 is 0.870 bits per heavy atom. The Morgan fingerprint density at radius 2 is 1.61 bits per heavy atom. The van der Waals surface area contributed by atoms with E-state index in [2.05, 4.69) is 25.4 Å². The van der Waals surface area contributed by atoms with Crippen molar-refractivity contribution in [3.63, 3.8) is 0 Å². The van der Waals surface area contributed by atoms with Crippen LogP contribution in [0.25, 0.3) is 11.1 Å². The molecule has 3 rings (SSSR count). The van der Waals surface area contributed by atoms with E-state index in [1.54, 1.807) is 24.5 Å². The lowest BCUT2D eigenvalue weighted by molar-refractivity contribution is 0.989. The van der Waals surface area contributed by atoms with E-state index >= 15 is 0 Å². The first kappa shape index (κ1) is 17.1. The number of rotatable bonds is 1. The summed E-state index contributed by atoms with van der Waals surface area (Å²) >= 11 is 16.4. The van der Waals surface area contributed by atoms with Gasteiger partial charge in [-0.15, -0.1) is 0 Å². The minimum Gasteiger partial charge on any atom is -0.268 e. The summed E-state index contributed by atoms with van der Waals surface area (Å²) < 4.78 is 0. The van der Waals surface area contributed by atoms with Gasteiger partial charge in [-0.2, -0.15) is 10.2 Å². The molecule has 0 aromatic carbocycles. The molecule has 0 fully saturated rings. The molecule has 0 radical (unpaired) electrons. The molecule has 0 aliphatic heterocycles. The Labute approximate surface area is 144 Å². The van der Waals surface area contributed by atoms with E-state index in [0.29, 0.717) is 5.15 Å². The number of halogens is 3. The molecule has 0 unspecified atom stereocenters. The molecule has 0 aliphatic rings. The molecular formula is C13H8Cl3N5O2. The maximum atomic E-state index is 11.0. The predicted molar refractivity (Wildman–Crippen MR) is 88.0 cm³/mol. The molecular weight excluding hydrogens is 365 g/mol. The van der Waals surface area contributed by atoms with Crippen LogP contribution >= 0.6 is 34.8 Å². The van der Waals surface area contributed by atoms with Gasteiger partial charge in [0.1, 0.15) is 10.2 Å². The van der Waals surface area contributed by atoms with Crippen molar-refractivity contribution in [1.29, 1.82) is 0 Å². The van der Waals surface area contributed by atoms with E-state index in [1.807, 2.05) is 0 Å². The molecule has 0 saturated carbocycles. The van der Waals surface area contributed by atoms with Crippen molar-refractivity contribution in [2.75, 3.05) is 0 Å². The third kappa shape index (κ3) is 4.88. The maximum absolute atomic E-state index is 11.0. The molecule has 0 spiro atoms. The van der Waals surface area contributed by atoms with Crippen LogP contribution in [0.5, 0.6) is 0 Å². The van der Waals surface area contributed by atoms with Crippen molar-refractivity contribution in [3.8, 4) is 11.1 Å². The van der Waals surface area contributed by atoms with Crippen molar-refractivity contribution in [1.82, 2.24) is 25.4 Å². The quantitative estimate of drug-likeness (QED) is 0.639. The summed E-state index contributed by atoms with van der Waals surface area (Å²) in [5.41, 5.74) is 0.826. The highest BCUT2D eigenvalue weighted by molar-refractivity contribution is 6.41. The van der Waals surface area contributed by atoms with Crippen molar-refractivity contribution in [2.45, 2.75) is 0 Å². The minimum absolute atomic E-state index is 0.0216. The first-order valence-corrected chi connectivity index (χ1v) is 7.16. The molecule has 7 nitrogen and oxygen atoms in total. The molecule has 118 valence electrons. The van der Waals surface area contributed by atoms with Crippen LogP contribution in [-0.2, 0) is 0 Å². The van der Waals surface area contributed by atoms with Gasteiger partial charge < -0.3 is 0 Å². The van der Waals surface area contributed by atoms with E-state index < -0.39 is 5.56 Å². The maximum Gasteiger partial charge on any atom is 0.284 e.